The molecule has 0 fully saturated rings. The molecule has 0 saturated carbocycles. The van der Waals surface area contributed by atoms with Gasteiger partial charge in [0.25, 0.3) is 0 Å². The molecule has 7 heteroatoms. The molecular formula is C13H19ClFNO3S. The van der Waals surface area contributed by atoms with Crippen molar-refractivity contribution in [2.45, 2.75) is 38.3 Å². The highest BCUT2D eigenvalue weighted by atomic mass is 35.5. The van der Waals surface area contributed by atoms with Crippen molar-refractivity contribution in [3.05, 3.63) is 28.5 Å². The van der Waals surface area contributed by atoms with E-state index in [9.17, 15) is 12.8 Å². The summed E-state index contributed by atoms with van der Waals surface area (Å²) in [6, 6.07) is 1.98. The summed E-state index contributed by atoms with van der Waals surface area (Å²) >= 11 is 5.79. The van der Waals surface area contributed by atoms with Crippen LogP contribution in [0.1, 0.15) is 26.3 Å². The van der Waals surface area contributed by atoms with Crippen LogP contribution >= 0.6 is 11.6 Å². The number of halogens is 2. The Morgan fingerprint density at radius 3 is 2.35 bits per heavy atom. The minimum Gasteiger partial charge on any atom is -0.392 e. The van der Waals surface area contributed by atoms with Crippen LogP contribution < -0.4 is 0 Å². The third-order valence-electron chi connectivity index (χ3n) is 3.45. The van der Waals surface area contributed by atoms with Crippen LogP contribution in [0.2, 0.25) is 5.02 Å². The number of aliphatic hydroxyl groups excluding tert-OH is 1. The summed E-state index contributed by atoms with van der Waals surface area (Å²) in [5.74, 6) is -0.881. The van der Waals surface area contributed by atoms with E-state index < -0.39 is 27.3 Å². The van der Waals surface area contributed by atoms with E-state index in [1.807, 2.05) is 13.8 Å². The molecule has 0 bridgehead atoms. The third-order valence-corrected chi connectivity index (χ3v) is 5.61. The van der Waals surface area contributed by atoms with Gasteiger partial charge in [0.2, 0.25) is 10.0 Å². The Kier molecular flexibility index (Phi) is 5.54. The molecule has 0 amide bonds. The molecule has 114 valence electrons. The summed E-state index contributed by atoms with van der Waals surface area (Å²) in [5, 5.41) is 9.13. The summed E-state index contributed by atoms with van der Waals surface area (Å²) in [7, 11) is -2.60. The van der Waals surface area contributed by atoms with Gasteiger partial charge in [-0.3, -0.25) is 0 Å². The van der Waals surface area contributed by atoms with Crippen LogP contribution in [0.15, 0.2) is 17.0 Å². The largest absolute Gasteiger partial charge is 0.392 e. The fraction of sp³-hybridized carbons (Fsp3) is 0.538. The SMILES string of the molecule is CC(C)C(C)N(C)S(=O)(=O)c1cc(Cl)cc(CO)c1F. The van der Waals surface area contributed by atoms with Crippen molar-refractivity contribution in [2.24, 2.45) is 5.92 Å². The Morgan fingerprint density at radius 2 is 1.90 bits per heavy atom. The fourth-order valence-corrected chi connectivity index (χ4v) is 3.65. The fourth-order valence-electron chi connectivity index (χ4n) is 1.71. The third kappa shape index (κ3) is 3.31. The second-order valence-corrected chi connectivity index (χ2v) is 7.44. The Bertz CT molecular complexity index is 590. The molecule has 1 unspecified atom stereocenters. The van der Waals surface area contributed by atoms with Gasteiger partial charge in [-0.25, -0.2) is 12.8 Å². The lowest BCUT2D eigenvalue weighted by atomic mass is 10.1. The normalized spacial score (nSPS) is 14.1. The van der Waals surface area contributed by atoms with Crippen molar-refractivity contribution in [1.82, 2.24) is 4.31 Å². The Morgan fingerprint density at radius 1 is 1.35 bits per heavy atom. The van der Waals surface area contributed by atoms with Crippen LogP contribution in [0.4, 0.5) is 4.39 Å². The van der Waals surface area contributed by atoms with Gasteiger partial charge < -0.3 is 5.11 Å². The van der Waals surface area contributed by atoms with E-state index in [1.165, 1.54) is 13.1 Å². The summed E-state index contributed by atoms with van der Waals surface area (Å²) in [6.45, 7) is 4.89. The van der Waals surface area contributed by atoms with Crippen molar-refractivity contribution in [1.29, 1.82) is 0 Å². The zero-order valence-corrected chi connectivity index (χ0v) is 13.5. The molecular weight excluding hydrogens is 305 g/mol. The smallest absolute Gasteiger partial charge is 0.246 e. The first-order valence-electron chi connectivity index (χ1n) is 6.19. The van der Waals surface area contributed by atoms with Crippen molar-refractivity contribution in [3.63, 3.8) is 0 Å². The van der Waals surface area contributed by atoms with Crippen molar-refractivity contribution in [3.8, 4) is 0 Å². The quantitative estimate of drug-likeness (QED) is 0.906. The lowest BCUT2D eigenvalue weighted by Crippen LogP contribution is -2.38. The molecule has 0 heterocycles. The van der Waals surface area contributed by atoms with Crippen LogP contribution in [0.25, 0.3) is 0 Å². The van der Waals surface area contributed by atoms with Crippen molar-refractivity contribution >= 4 is 21.6 Å². The summed E-state index contributed by atoms with van der Waals surface area (Å²) in [4.78, 5) is -0.510. The van der Waals surface area contributed by atoms with E-state index in [0.29, 0.717) is 0 Å². The predicted molar refractivity (Wildman–Crippen MR) is 76.6 cm³/mol. The summed E-state index contributed by atoms with van der Waals surface area (Å²) in [6.07, 6.45) is 0. The number of nitrogens with zero attached hydrogens (tertiary/aromatic N) is 1. The van der Waals surface area contributed by atoms with Crippen molar-refractivity contribution in [2.75, 3.05) is 7.05 Å². The molecule has 4 nitrogen and oxygen atoms in total. The number of aliphatic hydroxyl groups is 1. The molecule has 0 spiro atoms. The van der Waals surface area contributed by atoms with Gasteiger partial charge in [0.05, 0.1) is 6.61 Å². The number of rotatable bonds is 5. The molecule has 0 saturated heterocycles. The maximum absolute atomic E-state index is 14.1. The molecule has 1 atom stereocenters. The molecule has 1 rings (SSSR count). The first-order valence-corrected chi connectivity index (χ1v) is 8.01. The summed E-state index contributed by atoms with van der Waals surface area (Å²) < 4.78 is 40.2. The standard InChI is InChI=1S/C13H19ClFNO3S/c1-8(2)9(3)16(4)20(18,19)12-6-11(14)5-10(7-17)13(12)15/h5-6,8-9,17H,7H2,1-4H3. The van der Waals surface area contributed by atoms with Crippen LogP contribution in [-0.4, -0.2) is 30.9 Å². The number of benzene rings is 1. The zero-order chi connectivity index (χ0) is 15.7. The van der Waals surface area contributed by atoms with Gasteiger partial charge >= 0.3 is 0 Å². The minimum atomic E-state index is -4.01. The highest BCUT2D eigenvalue weighted by Gasteiger charge is 2.30. The van der Waals surface area contributed by atoms with Crippen LogP contribution in [0, 0.1) is 11.7 Å². The van der Waals surface area contributed by atoms with E-state index in [1.54, 1.807) is 6.92 Å². The first-order chi connectivity index (χ1) is 9.12. The van der Waals surface area contributed by atoms with Crippen molar-refractivity contribution < 1.29 is 17.9 Å². The average Bonchev–Trinajstić information content (AvgIpc) is 2.38. The zero-order valence-electron chi connectivity index (χ0n) is 11.9. The molecule has 20 heavy (non-hydrogen) atoms. The summed E-state index contributed by atoms with van der Waals surface area (Å²) in [5.41, 5.74) is -0.137. The minimum absolute atomic E-state index is 0.0691. The lowest BCUT2D eigenvalue weighted by Gasteiger charge is -2.27. The Hall–Kier alpha value is -0.690. The Balaban J connectivity index is 3.39. The van der Waals surface area contributed by atoms with Gasteiger partial charge in [-0.05, 0) is 25.0 Å². The second kappa shape index (κ2) is 6.39. The van der Waals surface area contributed by atoms with Crippen LogP contribution in [-0.2, 0) is 16.6 Å². The van der Waals surface area contributed by atoms with E-state index in [2.05, 4.69) is 0 Å². The van der Waals surface area contributed by atoms with Gasteiger partial charge in [-0.2, -0.15) is 4.31 Å². The highest BCUT2D eigenvalue weighted by molar-refractivity contribution is 7.89. The molecule has 0 aliphatic heterocycles. The van der Waals surface area contributed by atoms with E-state index in [4.69, 9.17) is 16.7 Å². The van der Waals surface area contributed by atoms with Gasteiger partial charge in [-0.15, -0.1) is 0 Å². The van der Waals surface area contributed by atoms with Gasteiger partial charge in [0.1, 0.15) is 10.7 Å². The molecule has 0 aliphatic carbocycles. The second-order valence-electron chi connectivity index (χ2n) is 5.04. The van der Waals surface area contributed by atoms with Gasteiger partial charge in [0, 0.05) is 23.7 Å². The predicted octanol–water partition coefficient (Wildman–Crippen LogP) is 2.64. The highest BCUT2D eigenvalue weighted by Crippen LogP contribution is 2.27. The average molecular weight is 324 g/mol. The van der Waals surface area contributed by atoms with Gasteiger partial charge in [-0.1, -0.05) is 25.4 Å². The molecule has 1 N–H and O–H groups in total. The van der Waals surface area contributed by atoms with E-state index in [-0.39, 0.29) is 22.5 Å². The molecule has 0 aromatic heterocycles. The van der Waals surface area contributed by atoms with Crippen LogP contribution in [0.5, 0.6) is 0 Å². The topological polar surface area (TPSA) is 57.6 Å². The van der Waals surface area contributed by atoms with E-state index >= 15 is 0 Å². The first kappa shape index (κ1) is 17.4. The lowest BCUT2D eigenvalue weighted by molar-refractivity contribution is 0.274. The maximum atomic E-state index is 14.1. The number of hydrogen-bond acceptors (Lipinski definition) is 3. The maximum Gasteiger partial charge on any atom is 0.246 e. The molecule has 1 aromatic carbocycles. The van der Waals surface area contributed by atoms with Gasteiger partial charge in [0.15, 0.2) is 0 Å². The number of sulfonamides is 1. The van der Waals surface area contributed by atoms with E-state index in [0.717, 1.165) is 10.4 Å². The molecule has 1 aromatic rings. The molecule has 0 aliphatic rings. The number of hydrogen-bond donors (Lipinski definition) is 1. The molecule has 0 radical (unpaired) electrons. The van der Waals surface area contributed by atoms with Crippen LogP contribution in [0.3, 0.4) is 0 Å². The monoisotopic (exact) mass is 323 g/mol. The Labute approximate surface area is 124 Å².